The lowest BCUT2D eigenvalue weighted by Crippen LogP contribution is -2.54. The van der Waals surface area contributed by atoms with Crippen molar-refractivity contribution < 1.29 is 19.1 Å². The van der Waals surface area contributed by atoms with Gasteiger partial charge >= 0.3 is 6.09 Å². The molecule has 2 amide bonds. The molecule has 1 saturated carbocycles. The number of benzene rings is 3. The number of alkyl carbamates (subject to hydrolysis) is 1. The van der Waals surface area contributed by atoms with Crippen LogP contribution in [0.3, 0.4) is 0 Å². The Bertz CT molecular complexity index is 1550. The van der Waals surface area contributed by atoms with Gasteiger partial charge in [-0.05, 0) is 35.7 Å². The molecule has 3 aromatic carbocycles. The molecule has 2 fully saturated rings. The molecule has 2 N–H and O–H groups in total. The molecule has 1 aliphatic heterocycles. The Morgan fingerprint density at radius 1 is 1.00 bits per heavy atom. The Morgan fingerprint density at radius 3 is 2.63 bits per heavy atom. The smallest absolute Gasteiger partial charge is 0.407 e. The van der Waals surface area contributed by atoms with E-state index in [1.807, 2.05) is 53.4 Å². The molecule has 224 valence electrons. The highest BCUT2D eigenvalue weighted by Crippen LogP contribution is 2.35. The van der Waals surface area contributed by atoms with Crippen LogP contribution in [0.1, 0.15) is 48.6 Å². The summed E-state index contributed by atoms with van der Waals surface area (Å²) in [5.41, 5.74) is 2.16. The highest BCUT2D eigenvalue weighted by Gasteiger charge is 2.35. The molecule has 1 unspecified atom stereocenters. The van der Waals surface area contributed by atoms with Gasteiger partial charge in [-0.1, -0.05) is 73.5 Å². The first-order chi connectivity index (χ1) is 21.1. The average molecular weight is 582 g/mol. The Morgan fingerprint density at radius 2 is 1.79 bits per heavy atom. The number of nitrogens with zero attached hydrogens (tertiary/aromatic N) is 3. The Hall–Kier alpha value is -4.37. The predicted octanol–water partition coefficient (Wildman–Crippen LogP) is 5.43. The van der Waals surface area contributed by atoms with Gasteiger partial charge in [-0.15, -0.1) is 0 Å². The van der Waals surface area contributed by atoms with Gasteiger partial charge in [0.25, 0.3) is 5.91 Å². The van der Waals surface area contributed by atoms with Gasteiger partial charge in [0.05, 0.1) is 37.8 Å². The van der Waals surface area contributed by atoms with Gasteiger partial charge in [-0.25, -0.2) is 9.78 Å². The van der Waals surface area contributed by atoms with E-state index in [1.54, 1.807) is 6.33 Å². The SMILES string of the molecule is COC(=O)N[C@H]1CCCCC1n1cnc(C(=O)N2CCNC[C@H]2CCOc2ccc3ccccc3c2)c1-c1ccccc1. The Kier molecular flexibility index (Phi) is 8.88. The van der Waals surface area contributed by atoms with Crippen LogP contribution in [0.25, 0.3) is 22.0 Å². The molecule has 43 heavy (non-hydrogen) atoms. The van der Waals surface area contributed by atoms with Crippen molar-refractivity contribution in [3.05, 3.63) is 84.8 Å². The molecule has 0 radical (unpaired) electrons. The number of rotatable bonds is 8. The lowest BCUT2D eigenvalue weighted by atomic mass is 9.89. The number of amides is 2. The summed E-state index contributed by atoms with van der Waals surface area (Å²) in [4.78, 5) is 33.1. The van der Waals surface area contributed by atoms with E-state index in [4.69, 9.17) is 14.5 Å². The van der Waals surface area contributed by atoms with Gasteiger partial charge in [-0.3, -0.25) is 4.79 Å². The van der Waals surface area contributed by atoms with Crippen LogP contribution in [0.2, 0.25) is 0 Å². The van der Waals surface area contributed by atoms with E-state index < -0.39 is 6.09 Å². The molecule has 2 heterocycles. The van der Waals surface area contributed by atoms with Gasteiger partial charge in [0.15, 0.2) is 5.69 Å². The lowest BCUT2D eigenvalue weighted by molar-refractivity contribution is 0.0601. The monoisotopic (exact) mass is 581 g/mol. The van der Waals surface area contributed by atoms with E-state index in [0.29, 0.717) is 31.8 Å². The molecule has 6 rings (SSSR count). The van der Waals surface area contributed by atoms with Gasteiger partial charge in [-0.2, -0.15) is 0 Å². The highest BCUT2D eigenvalue weighted by atomic mass is 16.5. The van der Waals surface area contributed by atoms with E-state index in [1.165, 1.54) is 12.5 Å². The van der Waals surface area contributed by atoms with Gasteiger partial charge in [0.1, 0.15) is 5.75 Å². The number of methoxy groups -OCH3 is 1. The molecule has 3 atom stereocenters. The summed E-state index contributed by atoms with van der Waals surface area (Å²) in [7, 11) is 1.38. The normalized spacial score (nSPS) is 20.5. The van der Waals surface area contributed by atoms with Gasteiger partial charge < -0.3 is 29.6 Å². The highest BCUT2D eigenvalue weighted by molar-refractivity contribution is 5.98. The predicted molar refractivity (Wildman–Crippen MR) is 166 cm³/mol. The number of piperazine rings is 1. The van der Waals surface area contributed by atoms with Crippen LogP contribution in [-0.2, 0) is 4.74 Å². The van der Waals surface area contributed by atoms with Crippen LogP contribution in [0, 0.1) is 0 Å². The van der Waals surface area contributed by atoms with E-state index in [0.717, 1.165) is 54.6 Å². The standard InChI is InChI=1S/C34H39N5O4/c1-42-34(41)37-29-13-7-8-14-30(29)39-23-36-31(32(39)25-10-3-2-4-11-25)33(40)38-19-18-35-22-27(38)17-20-43-28-16-15-24-9-5-6-12-26(24)21-28/h2-6,9-12,15-16,21,23,27,29-30,35H,7-8,13-14,17-20,22H2,1H3,(H,37,41)/t27-,29+,30?/m1/s1. The lowest BCUT2D eigenvalue weighted by Gasteiger charge is -2.36. The first-order valence-electron chi connectivity index (χ1n) is 15.2. The fraction of sp³-hybridized carbons (Fsp3) is 0.382. The van der Waals surface area contributed by atoms with Gasteiger partial charge in [0, 0.05) is 37.7 Å². The molecular formula is C34H39N5O4. The Balaban J connectivity index is 1.23. The maximum atomic E-state index is 14.3. The number of fused-ring (bicyclic) bond motifs is 1. The fourth-order valence-electron chi connectivity index (χ4n) is 6.47. The second kappa shape index (κ2) is 13.3. The van der Waals surface area contributed by atoms with E-state index in [2.05, 4.69) is 39.5 Å². The number of carbonyl (C=O) groups excluding carboxylic acids is 2. The Labute approximate surface area is 252 Å². The largest absolute Gasteiger partial charge is 0.493 e. The molecule has 2 aliphatic rings. The number of nitrogens with one attached hydrogen (secondary N) is 2. The van der Waals surface area contributed by atoms with Crippen molar-refractivity contribution in [3.8, 4) is 17.0 Å². The number of hydrogen-bond donors (Lipinski definition) is 2. The summed E-state index contributed by atoms with van der Waals surface area (Å²) in [5, 5.41) is 8.79. The van der Waals surface area contributed by atoms with Crippen molar-refractivity contribution in [1.29, 1.82) is 0 Å². The van der Waals surface area contributed by atoms with Crippen molar-refractivity contribution in [2.45, 2.75) is 50.2 Å². The second-order valence-electron chi connectivity index (χ2n) is 11.3. The number of aromatic nitrogens is 2. The van der Waals surface area contributed by atoms with Crippen molar-refractivity contribution in [1.82, 2.24) is 25.1 Å². The first kappa shape index (κ1) is 28.7. The molecule has 4 aromatic rings. The summed E-state index contributed by atoms with van der Waals surface area (Å²) in [6.07, 6.45) is 5.81. The molecule has 0 spiro atoms. The quantitative estimate of drug-likeness (QED) is 0.288. The van der Waals surface area contributed by atoms with Crippen LogP contribution < -0.4 is 15.4 Å². The minimum atomic E-state index is -0.441. The summed E-state index contributed by atoms with van der Waals surface area (Å²) >= 11 is 0. The zero-order chi connectivity index (χ0) is 29.6. The molecule has 0 bridgehead atoms. The minimum Gasteiger partial charge on any atom is -0.493 e. The summed E-state index contributed by atoms with van der Waals surface area (Å²) in [5.74, 6) is 0.746. The third-order valence-corrected chi connectivity index (χ3v) is 8.67. The average Bonchev–Trinajstić information content (AvgIpc) is 3.50. The zero-order valence-corrected chi connectivity index (χ0v) is 24.6. The molecule has 9 heteroatoms. The maximum absolute atomic E-state index is 14.3. The third-order valence-electron chi connectivity index (χ3n) is 8.67. The minimum absolute atomic E-state index is 0.0288. The van der Waals surface area contributed by atoms with Crippen LogP contribution in [0.15, 0.2) is 79.1 Å². The fourth-order valence-corrected chi connectivity index (χ4v) is 6.47. The van der Waals surface area contributed by atoms with Crippen molar-refractivity contribution in [2.24, 2.45) is 0 Å². The number of ether oxygens (including phenoxy) is 2. The third kappa shape index (κ3) is 6.37. The van der Waals surface area contributed by atoms with Crippen LogP contribution in [-0.4, -0.2) is 71.9 Å². The maximum Gasteiger partial charge on any atom is 0.407 e. The van der Waals surface area contributed by atoms with Crippen molar-refractivity contribution >= 4 is 22.8 Å². The van der Waals surface area contributed by atoms with Crippen LogP contribution >= 0.6 is 0 Å². The molecule has 1 aromatic heterocycles. The number of carbonyl (C=O) groups is 2. The van der Waals surface area contributed by atoms with E-state index in [-0.39, 0.29) is 24.0 Å². The topological polar surface area (TPSA) is 97.7 Å². The van der Waals surface area contributed by atoms with Crippen LogP contribution in [0.5, 0.6) is 5.75 Å². The van der Waals surface area contributed by atoms with E-state index in [9.17, 15) is 9.59 Å². The molecule has 9 nitrogen and oxygen atoms in total. The molecule has 1 aliphatic carbocycles. The summed E-state index contributed by atoms with van der Waals surface area (Å²) in [6, 6.07) is 24.1. The summed E-state index contributed by atoms with van der Waals surface area (Å²) < 4.78 is 13.2. The second-order valence-corrected chi connectivity index (χ2v) is 11.3. The number of hydrogen-bond acceptors (Lipinski definition) is 6. The van der Waals surface area contributed by atoms with Crippen LogP contribution in [0.4, 0.5) is 4.79 Å². The van der Waals surface area contributed by atoms with Gasteiger partial charge in [0.2, 0.25) is 0 Å². The van der Waals surface area contributed by atoms with Crippen molar-refractivity contribution in [3.63, 3.8) is 0 Å². The zero-order valence-electron chi connectivity index (χ0n) is 24.6. The van der Waals surface area contributed by atoms with Crippen molar-refractivity contribution in [2.75, 3.05) is 33.4 Å². The molecule has 1 saturated heterocycles. The van der Waals surface area contributed by atoms with E-state index >= 15 is 0 Å². The first-order valence-corrected chi connectivity index (χ1v) is 15.2. The number of imidazole rings is 1. The summed E-state index contributed by atoms with van der Waals surface area (Å²) in [6.45, 7) is 2.51. The molecular weight excluding hydrogens is 542 g/mol.